The van der Waals surface area contributed by atoms with Gasteiger partial charge in [0.1, 0.15) is 25.2 Å². The van der Waals surface area contributed by atoms with Gasteiger partial charge in [0.2, 0.25) is 5.91 Å². The molecule has 0 unspecified atom stereocenters. The normalized spacial score (nSPS) is 15.0. The zero-order chi connectivity index (χ0) is 37.7. The number of hydrogen-bond acceptors (Lipinski definition) is 8. The van der Waals surface area contributed by atoms with E-state index in [0.29, 0.717) is 33.0 Å². The number of rotatable bonds is 18. The van der Waals surface area contributed by atoms with Gasteiger partial charge in [0, 0.05) is 46.5 Å². The predicted molar refractivity (Wildman–Crippen MR) is 207 cm³/mol. The third-order valence-electron chi connectivity index (χ3n) is 9.21. The molecule has 13 heteroatoms. The number of likely N-dealkylation sites (tertiary alicyclic amines) is 1. The average Bonchev–Trinajstić information content (AvgIpc) is 3.78. The second-order valence-electron chi connectivity index (χ2n) is 14.8. The summed E-state index contributed by atoms with van der Waals surface area (Å²) in [6.45, 7) is 16.6. The van der Waals surface area contributed by atoms with E-state index in [1.165, 1.54) is 7.11 Å². The minimum Gasteiger partial charge on any atom is -0.453 e. The molecule has 1 aliphatic rings. The first-order valence-electron chi connectivity index (χ1n) is 18.5. The number of carbonyl (C=O) groups is 3. The molecule has 3 aromatic rings. The van der Waals surface area contributed by atoms with Crippen LogP contribution in [0.15, 0.2) is 60.8 Å². The number of amides is 3. The summed E-state index contributed by atoms with van der Waals surface area (Å²) < 4.78 is 18.6. The number of anilines is 1. The number of methoxy groups -OCH3 is 1. The Labute approximate surface area is 310 Å². The van der Waals surface area contributed by atoms with Crippen molar-refractivity contribution in [1.82, 2.24) is 25.1 Å². The molecule has 4 rings (SSSR count). The molecule has 3 amide bonds. The van der Waals surface area contributed by atoms with Gasteiger partial charge in [-0.3, -0.25) is 4.79 Å². The summed E-state index contributed by atoms with van der Waals surface area (Å²) in [5, 5.41) is 5.61. The molecule has 1 aliphatic heterocycles. The molecule has 1 aromatic heterocycles. The molecule has 1 saturated heterocycles. The van der Waals surface area contributed by atoms with E-state index in [9.17, 15) is 14.4 Å². The molecule has 0 radical (unpaired) electrons. The van der Waals surface area contributed by atoms with Crippen LogP contribution in [0.2, 0.25) is 25.7 Å². The van der Waals surface area contributed by atoms with E-state index in [2.05, 4.69) is 70.9 Å². The lowest BCUT2D eigenvalue weighted by molar-refractivity contribution is -0.135. The topological polar surface area (TPSA) is 127 Å². The molecule has 0 bridgehead atoms. The zero-order valence-corrected chi connectivity index (χ0v) is 33.0. The third-order valence-corrected chi connectivity index (χ3v) is 10.9. The molecule has 0 spiro atoms. The summed E-state index contributed by atoms with van der Waals surface area (Å²) >= 11 is 0. The van der Waals surface area contributed by atoms with Crippen LogP contribution in [0.3, 0.4) is 0 Å². The quantitative estimate of drug-likeness (QED) is 0.105. The average molecular weight is 735 g/mol. The first-order valence-corrected chi connectivity index (χ1v) is 22.2. The van der Waals surface area contributed by atoms with Crippen molar-refractivity contribution in [3.8, 4) is 11.3 Å². The first-order chi connectivity index (χ1) is 24.9. The van der Waals surface area contributed by atoms with E-state index < -0.39 is 26.3 Å². The Morgan fingerprint density at radius 3 is 2.40 bits per heavy atom. The minimum absolute atomic E-state index is 0.122. The maximum atomic E-state index is 13.9. The van der Waals surface area contributed by atoms with Gasteiger partial charge >= 0.3 is 12.2 Å². The van der Waals surface area contributed by atoms with Crippen LogP contribution in [0.25, 0.3) is 11.3 Å². The highest BCUT2D eigenvalue weighted by Gasteiger charge is 2.38. The molecule has 2 N–H and O–H groups in total. The van der Waals surface area contributed by atoms with E-state index in [4.69, 9.17) is 19.2 Å². The van der Waals surface area contributed by atoms with Crippen molar-refractivity contribution in [2.24, 2.45) is 5.92 Å². The smallest absolute Gasteiger partial charge is 0.407 e. The van der Waals surface area contributed by atoms with Gasteiger partial charge < -0.3 is 39.2 Å². The number of nitrogens with one attached hydrogen (secondary N) is 2. The number of carbonyl (C=O) groups excluding carboxylic acids is 3. The molecular weight excluding hydrogens is 677 g/mol. The van der Waals surface area contributed by atoms with Crippen molar-refractivity contribution in [1.29, 1.82) is 0 Å². The Morgan fingerprint density at radius 2 is 1.75 bits per heavy atom. The van der Waals surface area contributed by atoms with Crippen molar-refractivity contribution in [2.45, 2.75) is 91.1 Å². The van der Waals surface area contributed by atoms with E-state index in [1.807, 2.05) is 55.3 Å². The summed E-state index contributed by atoms with van der Waals surface area (Å²) in [7, 11) is -0.00329. The Bertz CT molecular complexity index is 1580. The lowest BCUT2D eigenvalue weighted by Crippen LogP contribution is -2.51. The van der Waals surface area contributed by atoms with E-state index in [1.54, 1.807) is 0 Å². The van der Waals surface area contributed by atoms with Crippen LogP contribution in [-0.4, -0.2) is 86.6 Å². The van der Waals surface area contributed by atoms with Gasteiger partial charge in [-0.25, -0.2) is 14.6 Å². The molecule has 2 heterocycles. The van der Waals surface area contributed by atoms with Crippen molar-refractivity contribution in [2.75, 3.05) is 44.8 Å². The summed E-state index contributed by atoms with van der Waals surface area (Å²) in [6.07, 6.45) is 3.36. The first kappa shape index (κ1) is 40.4. The van der Waals surface area contributed by atoms with Gasteiger partial charge in [-0.15, -0.1) is 0 Å². The highest BCUT2D eigenvalue weighted by Crippen LogP contribution is 2.35. The Kier molecular flexibility index (Phi) is 15.1. The SMILES string of the molecule is CCCN(CCNC(=O)OCc1ccccc1)c1ccc(-c2cnc([C@@H]3CCCN3C(=O)[C@@H](NC(=O)OC)C(C)C)n2COCC[Si](C)(C)C)cc1. The number of benzene rings is 2. The van der Waals surface area contributed by atoms with E-state index in [-0.39, 0.29) is 24.5 Å². The number of aromatic nitrogens is 2. The van der Waals surface area contributed by atoms with Gasteiger partial charge in [-0.2, -0.15) is 0 Å². The fourth-order valence-electron chi connectivity index (χ4n) is 6.28. The highest BCUT2D eigenvalue weighted by atomic mass is 28.3. The standard InChI is InChI=1S/C39H58N6O6Si/c1-8-21-43(23-20-40-38(47)51-27-30-13-10-9-11-14-30)32-18-16-31(17-19-32)34-26-41-36(45(34)28-50-24-25-52(5,6)7)33-15-12-22-44(33)37(46)35(29(2)3)42-39(48)49-4/h9-11,13-14,16-19,26,29,33,35H,8,12,15,20-25,27-28H2,1-7H3,(H,40,47)(H,42,48)/t33-,35-/m0/s1. The van der Waals surface area contributed by atoms with Gasteiger partial charge in [0.15, 0.2) is 0 Å². The van der Waals surface area contributed by atoms with Crippen molar-refractivity contribution < 1.29 is 28.6 Å². The van der Waals surface area contributed by atoms with Crippen LogP contribution in [0.1, 0.15) is 57.5 Å². The van der Waals surface area contributed by atoms with Gasteiger partial charge in [-0.05, 0) is 54.5 Å². The van der Waals surface area contributed by atoms with Crippen LogP contribution in [0.4, 0.5) is 15.3 Å². The summed E-state index contributed by atoms with van der Waals surface area (Å²) in [5.74, 6) is 0.511. The zero-order valence-electron chi connectivity index (χ0n) is 32.0. The molecule has 284 valence electrons. The molecule has 2 aromatic carbocycles. The van der Waals surface area contributed by atoms with Crippen LogP contribution < -0.4 is 15.5 Å². The Morgan fingerprint density at radius 1 is 1.02 bits per heavy atom. The monoisotopic (exact) mass is 734 g/mol. The molecule has 12 nitrogen and oxygen atoms in total. The molecule has 0 saturated carbocycles. The van der Waals surface area contributed by atoms with Gasteiger partial charge in [-0.1, -0.05) is 82.9 Å². The van der Waals surface area contributed by atoms with Crippen LogP contribution >= 0.6 is 0 Å². The summed E-state index contributed by atoms with van der Waals surface area (Å²) in [5.41, 5.74) is 3.89. The minimum atomic E-state index is -1.30. The molecular formula is C39H58N6O6Si. The summed E-state index contributed by atoms with van der Waals surface area (Å²) in [4.78, 5) is 47.4. The fourth-order valence-corrected chi connectivity index (χ4v) is 7.04. The second-order valence-corrected chi connectivity index (χ2v) is 20.5. The molecule has 1 fully saturated rings. The molecule has 0 aliphatic carbocycles. The van der Waals surface area contributed by atoms with Crippen molar-refractivity contribution in [3.63, 3.8) is 0 Å². The number of nitrogens with zero attached hydrogens (tertiary/aromatic N) is 4. The third kappa shape index (κ3) is 11.6. The number of alkyl carbamates (subject to hydrolysis) is 2. The largest absolute Gasteiger partial charge is 0.453 e. The molecule has 2 atom stereocenters. The fraction of sp³-hybridized carbons (Fsp3) is 0.538. The Balaban J connectivity index is 1.51. The van der Waals surface area contributed by atoms with Crippen LogP contribution in [0.5, 0.6) is 0 Å². The maximum Gasteiger partial charge on any atom is 0.407 e. The number of imidazole rings is 1. The van der Waals surface area contributed by atoms with Crippen molar-refractivity contribution in [3.05, 3.63) is 72.2 Å². The lowest BCUT2D eigenvalue weighted by Gasteiger charge is -2.31. The lowest BCUT2D eigenvalue weighted by atomic mass is 10.0. The maximum absolute atomic E-state index is 13.9. The van der Waals surface area contributed by atoms with Gasteiger partial charge in [0.25, 0.3) is 0 Å². The van der Waals surface area contributed by atoms with Crippen LogP contribution in [-0.2, 0) is 32.3 Å². The van der Waals surface area contributed by atoms with E-state index in [0.717, 1.165) is 60.2 Å². The van der Waals surface area contributed by atoms with Gasteiger partial charge in [0.05, 0.1) is 25.0 Å². The number of hydrogen-bond donors (Lipinski definition) is 2. The summed E-state index contributed by atoms with van der Waals surface area (Å²) in [6, 6.07) is 18.1. The Hall–Kier alpha value is -4.36. The molecule has 52 heavy (non-hydrogen) atoms. The van der Waals surface area contributed by atoms with E-state index >= 15 is 0 Å². The highest BCUT2D eigenvalue weighted by molar-refractivity contribution is 6.76. The van der Waals surface area contributed by atoms with Crippen molar-refractivity contribution >= 4 is 31.9 Å². The predicted octanol–water partition coefficient (Wildman–Crippen LogP) is 7.05. The van der Waals surface area contributed by atoms with Crippen LogP contribution in [0, 0.1) is 5.92 Å². The second kappa shape index (κ2) is 19.5. The number of ether oxygens (including phenoxy) is 3.